The van der Waals surface area contributed by atoms with E-state index in [0.29, 0.717) is 0 Å². The van der Waals surface area contributed by atoms with E-state index < -0.39 is 8.07 Å². The molecular weight excluding hydrogens is 184 g/mol. The summed E-state index contributed by atoms with van der Waals surface area (Å²) in [4.78, 5) is 0. The van der Waals surface area contributed by atoms with Crippen LogP contribution in [-0.4, -0.2) is 8.07 Å². The number of hydrogen-bond acceptors (Lipinski definition) is 0. The van der Waals surface area contributed by atoms with Gasteiger partial charge < -0.3 is 0 Å². The Hall–Kier alpha value is 0.411. The van der Waals surface area contributed by atoms with Crippen molar-refractivity contribution in [3.63, 3.8) is 0 Å². The summed E-state index contributed by atoms with van der Waals surface area (Å²) in [6, 6.07) is 0. The predicted octanol–water partition coefficient (Wildman–Crippen LogP) is 3.21. The Morgan fingerprint density at radius 1 is 1.45 bits per heavy atom. The van der Waals surface area contributed by atoms with Gasteiger partial charge in [-0.25, -0.2) is 0 Å². The predicted molar refractivity (Wildman–Crippen MR) is 50.0 cm³/mol. The van der Waals surface area contributed by atoms with Crippen LogP contribution in [0.3, 0.4) is 0 Å². The first kappa shape index (κ1) is 9.50. The minimum atomic E-state index is -0.738. The second kappa shape index (κ2) is 3.88. The Morgan fingerprint density at radius 3 is 2.64 bits per heavy atom. The van der Waals surface area contributed by atoms with Crippen molar-refractivity contribution in [3.8, 4) is 0 Å². The molecule has 0 unspecified atom stereocenters. The fourth-order valence-electron chi connectivity index (χ4n) is 0.957. The van der Waals surface area contributed by atoms with Gasteiger partial charge in [0.15, 0.2) is 0 Å². The third kappa shape index (κ3) is 4.10. The molecule has 0 atom stereocenters. The van der Waals surface area contributed by atoms with Gasteiger partial charge in [0.05, 0.1) is 0 Å². The molecule has 0 heterocycles. The SMILES string of the molecule is C[Si](C)(C)[CH2][Ti][C]1=CC=CC1. The standard InChI is InChI=1S/C5H5.C4H11Si.Ti/c1-2-4-5-3-1;1-5(2,3)4;/h1-3H,4H2;1H2,2-4H3;. The average Bonchev–Trinajstić information content (AvgIpc) is 2.32. The van der Waals surface area contributed by atoms with Gasteiger partial charge in [-0.15, -0.1) is 0 Å². The van der Waals surface area contributed by atoms with Crippen molar-refractivity contribution in [1.29, 1.82) is 0 Å². The summed E-state index contributed by atoms with van der Waals surface area (Å²) >= 11 is 0.263. The molecule has 0 fully saturated rings. The molecule has 0 N–H and O–H groups in total. The molecule has 0 aromatic carbocycles. The third-order valence-electron chi connectivity index (χ3n) is 1.62. The number of allylic oxidation sites excluding steroid dienone is 4. The van der Waals surface area contributed by atoms with Gasteiger partial charge in [-0.05, 0) is 0 Å². The molecule has 0 aliphatic heterocycles. The van der Waals surface area contributed by atoms with E-state index in [-0.39, 0.29) is 19.2 Å². The van der Waals surface area contributed by atoms with Crippen LogP contribution in [0.5, 0.6) is 0 Å². The van der Waals surface area contributed by atoms with E-state index in [0.717, 1.165) is 0 Å². The zero-order chi connectivity index (χ0) is 8.32. The summed E-state index contributed by atoms with van der Waals surface area (Å²) in [5.41, 5.74) is 0. The van der Waals surface area contributed by atoms with Crippen molar-refractivity contribution < 1.29 is 19.2 Å². The van der Waals surface area contributed by atoms with Crippen LogP contribution in [-0.2, 0) is 19.2 Å². The van der Waals surface area contributed by atoms with Crippen LogP contribution in [0.4, 0.5) is 0 Å². The molecule has 60 valence electrons. The summed E-state index contributed by atoms with van der Waals surface area (Å²) in [5, 5.41) is 0. The number of rotatable bonds is 3. The van der Waals surface area contributed by atoms with Crippen molar-refractivity contribution in [2.75, 3.05) is 0 Å². The first-order valence-electron chi connectivity index (χ1n) is 4.17. The van der Waals surface area contributed by atoms with Gasteiger partial charge in [-0.2, -0.15) is 0 Å². The summed E-state index contributed by atoms with van der Waals surface area (Å²) in [7, 11) is -0.738. The van der Waals surface area contributed by atoms with Gasteiger partial charge in [-0.3, -0.25) is 0 Å². The van der Waals surface area contributed by atoms with Crippen LogP contribution in [0.2, 0.25) is 24.0 Å². The average molecular weight is 200 g/mol. The van der Waals surface area contributed by atoms with Crippen LogP contribution in [0, 0.1) is 0 Å². The second-order valence-electron chi connectivity index (χ2n) is 4.24. The summed E-state index contributed by atoms with van der Waals surface area (Å²) in [6.07, 6.45) is 8.09. The van der Waals surface area contributed by atoms with E-state index in [1.807, 2.05) is 0 Å². The third-order valence-corrected chi connectivity index (χ3v) is 9.94. The van der Waals surface area contributed by atoms with Crippen molar-refractivity contribution in [1.82, 2.24) is 0 Å². The van der Waals surface area contributed by atoms with E-state index in [2.05, 4.69) is 37.9 Å². The van der Waals surface area contributed by atoms with E-state index in [1.165, 1.54) is 6.42 Å². The van der Waals surface area contributed by atoms with Crippen LogP contribution >= 0.6 is 0 Å². The quantitative estimate of drug-likeness (QED) is 0.613. The monoisotopic (exact) mass is 200 g/mol. The molecule has 0 aromatic heterocycles. The van der Waals surface area contributed by atoms with E-state index in [4.69, 9.17) is 0 Å². The van der Waals surface area contributed by atoms with Gasteiger partial charge >= 0.3 is 79.7 Å². The molecule has 1 aliphatic carbocycles. The van der Waals surface area contributed by atoms with Crippen LogP contribution in [0.1, 0.15) is 6.42 Å². The maximum absolute atomic E-state index is 2.47. The molecular formula is C9H16SiTi. The Morgan fingerprint density at radius 2 is 2.18 bits per heavy atom. The molecule has 0 spiro atoms. The van der Waals surface area contributed by atoms with Crippen LogP contribution < -0.4 is 0 Å². The van der Waals surface area contributed by atoms with Gasteiger partial charge in [0.25, 0.3) is 0 Å². The van der Waals surface area contributed by atoms with Crippen molar-refractivity contribution in [2.24, 2.45) is 0 Å². The van der Waals surface area contributed by atoms with Gasteiger partial charge in [0.1, 0.15) is 0 Å². The van der Waals surface area contributed by atoms with Crippen molar-refractivity contribution in [3.05, 3.63) is 22.1 Å². The zero-order valence-electron chi connectivity index (χ0n) is 7.65. The molecule has 11 heavy (non-hydrogen) atoms. The molecule has 0 bridgehead atoms. The van der Waals surface area contributed by atoms with E-state index >= 15 is 0 Å². The molecule has 2 heteroatoms. The van der Waals surface area contributed by atoms with Crippen molar-refractivity contribution in [2.45, 2.75) is 30.4 Å². The molecule has 0 saturated carbocycles. The van der Waals surface area contributed by atoms with Crippen molar-refractivity contribution >= 4 is 8.07 Å². The molecule has 0 nitrogen and oxygen atoms in total. The Kier molecular flexibility index (Phi) is 3.35. The van der Waals surface area contributed by atoms with E-state index in [1.54, 1.807) is 8.23 Å². The first-order chi connectivity index (χ1) is 5.08. The van der Waals surface area contributed by atoms with Gasteiger partial charge in [0, 0.05) is 0 Å². The van der Waals surface area contributed by atoms with Gasteiger partial charge in [-0.1, -0.05) is 0 Å². The molecule has 0 saturated heterocycles. The normalized spacial score (nSPS) is 16.8. The fourth-order valence-corrected chi connectivity index (χ4v) is 6.01. The van der Waals surface area contributed by atoms with E-state index in [9.17, 15) is 0 Å². The van der Waals surface area contributed by atoms with Gasteiger partial charge in [0.2, 0.25) is 0 Å². The topological polar surface area (TPSA) is 0 Å². The maximum atomic E-state index is 2.47. The molecule has 0 aromatic rings. The fraction of sp³-hybridized carbons (Fsp3) is 0.556. The minimum absolute atomic E-state index is 0.263. The second-order valence-corrected chi connectivity index (χ2v) is 12.9. The Balaban J connectivity index is 2.23. The summed E-state index contributed by atoms with van der Waals surface area (Å²) < 4.78 is 3.33. The Labute approximate surface area is 79.7 Å². The first-order valence-corrected chi connectivity index (χ1v) is 9.77. The molecule has 0 radical (unpaired) electrons. The summed E-state index contributed by atoms with van der Waals surface area (Å²) in [6.45, 7) is 7.42. The van der Waals surface area contributed by atoms with Crippen LogP contribution in [0.25, 0.3) is 0 Å². The molecule has 0 amide bonds. The summed E-state index contributed by atoms with van der Waals surface area (Å²) in [5.74, 6) is 0. The Bertz CT molecular complexity index is 186. The van der Waals surface area contributed by atoms with Crippen LogP contribution in [0.15, 0.2) is 22.1 Å². The molecule has 1 rings (SSSR count). The number of hydrogen-bond donors (Lipinski definition) is 0. The zero-order valence-corrected chi connectivity index (χ0v) is 10.2. The molecule has 1 aliphatic rings.